The van der Waals surface area contributed by atoms with Crippen molar-refractivity contribution in [2.45, 2.75) is 43.9 Å². The van der Waals surface area contributed by atoms with Crippen LogP contribution in [0.2, 0.25) is 5.82 Å². The third kappa shape index (κ3) is 4.23. The highest BCUT2D eigenvalue weighted by atomic mass is 19.4. The second-order valence-corrected chi connectivity index (χ2v) is 7.00. The molecule has 9 heteroatoms. The molecule has 0 amide bonds. The summed E-state index contributed by atoms with van der Waals surface area (Å²) in [7, 11) is 5.96. The highest BCUT2D eigenvalue weighted by Gasteiger charge is 2.31. The van der Waals surface area contributed by atoms with Crippen molar-refractivity contribution in [3.05, 3.63) is 42.6 Å². The summed E-state index contributed by atoms with van der Waals surface area (Å²) < 4.78 is 43.2. The van der Waals surface area contributed by atoms with E-state index in [1.807, 2.05) is 18.3 Å². The van der Waals surface area contributed by atoms with E-state index in [-0.39, 0.29) is 11.6 Å². The zero-order valence-electron chi connectivity index (χ0n) is 15.0. The van der Waals surface area contributed by atoms with E-state index >= 15 is 0 Å². The van der Waals surface area contributed by atoms with E-state index in [1.165, 1.54) is 18.2 Å². The Morgan fingerprint density at radius 3 is 2.61 bits per heavy atom. The highest BCUT2D eigenvalue weighted by Crippen LogP contribution is 2.30. The third-order valence-electron chi connectivity index (χ3n) is 4.87. The van der Waals surface area contributed by atoms with Gasteiger partial charge in [-0.05, 0) is 37.1 Å². The van der Waals surface area contributed by atoms with Crippen LogP contribution in [0.4, 0.5) is 18.9 Å². The quantitative estimate of drug-likeness (QED) is 0.666. The van der Waals surface area contributed by atoms with E-state index in [9.17, 15) is 13.2 Å². The zero-order chi connectivity index (χ0) is 19.7. The largest absolute Gasteiger partial charge is 0.573 e. The molecule has 0 saturated heterocycles. The molecule has 0 unspecified atom stereocenters. The van der Waals surface area contributed by atoms with E-state index in [0.29, 0.717) is 23.1 Å². The van der Waals surface area contributed by atoms with Crippen LogP contribution in [-0.4, -0.2) is 34.8 Å². The topological polar surface area (TPSA) is 51.5 Å². The Hall–Kier alpha value is -2.71. The van der Waals surface area contributed by atoms with Gasteiger partial charge in [-0.2, -0.15) is 0 Å². The van der Waals surface area contributed by atoms with Crippen LogP contribution in [0, 0.1) is 0 Å². The number of benzene rings is 1. The summed E-state index contributed by atoms with van der Waals surface area (Å²) in [5, 5.41) is 11.7. The molecule has 1 saturated carbocycles. The van der Waals surface area contributed by atoms with Crippen molar-refractivity contribution in [3.8, 4) is 17.1 Å². The van der Waals surface area contributed by atoms with Crippen LogP contribution in [0.15, 0.2) is 42.6 Å². The van der Waals surface area contributed by atoms with Crippen molar-refractivity contribution in [3.63, 3.8) is 0 Å². The summed E-state index contributed by atoms with van der Waals surface area (Å²) in [6.07, 6.45) is 1.10. The highest BCUT2D eigenvalue weighted by molar-refractivity contribution is 6.11. The molecule has 1 aliphatic carbocycles. The first-order valence-corrected chi connectivity index (χ1v) is 9.10. The molecule has 1 aliphatic rings. The van der Waals surface area contributed by atoms with Gasteiger partial charge in [0.05, 0.1) is 13.5 Å². The van der Waals surface area contributed by atoms with Crippen molar-refractivity contribution in [1.29, 1.82) is 0 Å². The van der Waals surface area contributed by atoms with E-state index in [1.54, 1.807) is 10.5 Å². The molecule has 2 heterocycles. The van der Waals surface area contributed by atoms with E-state index in [0.717, 1.165) is 31.4 Å². The van der Waals surface area contributed by atoms with Gasteiger partial charge in [0.15, 0.2) is 11.5 Å². The summed E-state index contributed by atoms with van der Waals surface area (Å²) in [5.41, 5.74) is 1.99. The van der Waals surface area contributed by atoms with Gasteiger partial charge in [0.25, 0.3) is 0 Å². The summed E-state index contributed by atoms with van der Waals surface area (Å²) in [6.45, 7) is 0. The van der Waals surface area contributed by atoms with Gasteiger partial charge in [-0.15, -0.1) is 23.4 Å². The normalized spacial score (nSPS) is 20.2. The molecule has 4 rings (SSSR count). The number of pyridine rings is 1. The van der Waals surface area contributed by atoms with Crippen LogP contribution in [0.5, 0.6) is 5.75 Å². The van der Waals surface area contributed by atoms with Gasteiger partial charge in [0, 0.05) is 17.8 Å². The second-order valence-electron chi connectivity index (χ2n) is 7.00. The number of rotatable bonds is 4. The molecule has 1 fully saturated rings. The third-order valence-corrected chi connectivity index (χ3v) is 4.87. The van der Waals surface area contributed by atoms with Gasteiger partial charge >= 0.3 is 6.36 Å². The maximum absolute atomic E-state index is 12.5. The van der Waals surface area contributed by atoms with Crippen LogP contribution in [0.3, 0.4) is 0 Å². The molecular weight excluding hydrogens is 368 g/mol. The molecule has 0 bridgehead atoms. The Labute approximate surface area is 161 Å². The number of fused-ring (bicyclic) bond motifs is 1. The van der Waals surface area contributed by atoms with Crippen LogP contribution < -0.4 is 10.1 Å². The number of hydrogen-bond acceptors (Lipinski definition) is 4. The fraction of sp³-hybridized carbons (Fsp3) is 0.368. The second kappa shape index (κ2) is 7.37. The van der Waals surface area contributed by atoms with Crippen LogP contribution >= 0.6 is 0 Å². The van der Waals surface area contributed by atoms with Gasteiger partial charge < -0.3 is 10.1 Å². The van der Waals surface area contributed by atoms with Crippen molar-refractivity contribution in [1.82, 2.24) is 14.6 Å². The van der Waals surface area contributed by atoms with Gasteiger partial charge in [-0.25, -0.2) is 0 Å². The molecule has 144 valence electrons. The molecule has 1 aromatic carbocycles. The number of aromatic nitrogens is 3. The standard InChI is InChI=1S/C19H18BF3N4O/c20-13-4-6-14(7-5-13)24-15-8-9-17-25-26-18(27(17)11-15)12-2-1-3-16(10-12)28-19(21,22)23/h1-3,8-11,13-14,24H,4-7H2. The summed E-state index contributed by atoms with van der Waals surface area (Å²) in [4.78, 5) is 0. The number of alkyl halides is 3. The van der Waals surface area contributed by atoms with Crippen LogP contribution in [0.25, 0.3) is 17.0 Å². The molecule has 2 radical (unpaired) electrons. The average Bonchev–Trinajstić information content (AvgIpc) is 3.06. The minimum atomic E-state index is -4.74. The lowest BCUT2D eigenvalue weighted by Gasteiger charge is -2.28. The molecule has 5 nitrogen and oxygen atoms in total. The molecule has 0 aliphatic heterocycles. The van der Waals surface area contributed by atoms with Crippen LogP contribution in [-0.2, 0) is 0 Å². The molecule has 28 heavy (non-hydrogen) atoms. The van der Waals surface area contributed by atoms with Crippen LogP contribution in [0.1, 0.15) is 25.7 Å². The number of anilines is 1. The fourth-order valence-corrected chi connectivity index (χ4v) is 3.50. The number of nitrogens with zero attached hydrogens (tertiary/aromatic N) is 3. The lowest BCUT2D eigenvalue weighted by Crippen LogP contribution is -2.24. The monoisotopic (exact) mass is 386 g/mol. The zero-order valence-corrected chi connectivity index (χ0v) is 15.0. The first-order chi connectivity index (χ1) is 13.4. The van der Waals surface area contributed by atoms with Gasteiger partial charge in [-0.1, -0.05) is 30.8 Å². The maximum atomic E-state index is 12.5. The maximum Gasteiger partial charge on any atom is 0.573 e. The smallest absolute Gasteiger partial charge is 0.406 e. The van der Waals surface area contributed by atoms with Crippen molar-refractivity contribution in [2.24, 2.45) is 0 Å². The summed E-state index contributed by atoms with van der Waals surface area (Å²) in [5.74, 6) is 0.419. The number of hydrogen-bond donors (Lipinski definition) is 1. The number of nitrogens with one attached hydrogen (secondary N) is 1. The van der Waals surface area contributed by atoms with Crippen molar-refractivity contribution >= 4 is 19.2 Å². The van der Waals surface area contributed by atoms with Crippen molar-refractivity contribution in [2.75, 3.05) is 5.32 Å². The molecule has 1 N–H and O–H groups in total. The molecule has 0 atom stereocenters. The summed E-state index contributed by atoms with van der Waals surface area (Å²) >= 11 is 0. The predicted molar refractivity (Wildman–Crippen MR) is 100 cm³/mol. The first kappa shape index (κ1) is 18.6. The molecule has 0 spiro atoms. The minimum absolute atomic E-state index is 0.274. The Bertz CT molecular complexity index is 967. The SMILES string of the molecule is [B]C1CCC(Nc2ccc3nnc(-c4cccc(OC(F)(F)F)c4)n3c2)CC1. The predicted octanol–water partition coefficient (Wildman–Crippen LogP) is 4.61. The lowest BCUT2D eigenvalue weighted by molar-refractivity contribution is -0.274. The van der Waals surface area contributed by atoms with E-state index in [2.05, 4.69) is 20.3 Å². The van der Waals surface area contributed by atoms with Crippen molar-refractivity contribution < 1.29 is 17.9 Å². The van der Waals surface area contributed by atoms with Gasteiger partial charge in [0.2, 0.25) is 0 Å². The van der Waals surface area contributed by atoms with E-state index in [4.69, 9.17) is 7.85 Å². The Morgan fingerprint density at radius 2 is 1.86 bits per heavy atom. The molecule has 3 aromatic rings. The molecule has 2 aromatic heterocycles. The van der Waals surface area contributed by atoms with Gasteiger partial charge in [0.1, 0.15) is 5.75 Å². The molecular formula is C19H18BF3N4O. The lowest BCUT2D eigenvalue weighted by atomic mass is 9.74. The number of halogens is 3. The average molecular weight is 386 g/mol. The summed E-state index contributed by atoms with van der Waals surface area (Å²) in [6, 6.07) is 9.80. The van der Waals surface area contributed by atoms with Gasteiger partial charge in [-0.3, -0.25) is 4.40 Å². The number of ether oxygens (including phenoxy) is 1. The Balaban J connectivity index is 1.61. The fourth-order valence-electron chi connectivity index (χ4n) is 3.50. The Morgan fingerprint density at radius 1 is 1.07 bits per heavy atom. The van der Waals surface area contributed by atoms with E-state index < -0.39 is 6.36 Å². The first-order valence-electron chi connectivity index (χ1n) is 9.10. The minimum Gasteiger partial charge on any atom is -0.406 e. The Kier molecular flexibility index (Phi) is 4.91.